The van der Waals surface area contributed by atoms with E-state index in [1.54, 1.807) is 19.1 Å². The number of carbonyl (C=O) groups excluding carboxylic acids is 1. The van der Waals surface area contributed by atoms with Gasteiger partial charge in [0.1, 0.15) is 0 Å². The minimum atomic E-state index is -3.73. The molecule has 6 nitrogen and oxygen atoms in total. The zero-order valence-electron chi connectivity index (χ0n) is 13.6. The summed E-state index contributed by atoms with van der Waals surface area (Å²) in [6.07, 6.45) is 4.82. The second-order valence-electron chi connectivity index (χ2n) is 6.22. The molecule has 1 fully saturated rings. The minimum absolute atomic E-state index is 0.0832. The van der Waals surface area contributed by atoms with Crippen LogP contribution in [0.2, 0.25) is 0 Å². The van der Waals surface area contributed by atoms with E-state index in [2.05, 4.69) is 9.46 Å². The van der Waals surface area contributed by atoms with Crippen molar-refractivity contribution < 1.29 is 17.9 Å². The van der Waals surface area contributed by atoms with Crippen LogP contribution >= 0.6 is 0 Å². The second-order valence-corrected chi connectivity index (χ2v) is 7.95. The van der Waals surface area contributed by atoms with Gasteiger partial charge in [-0.2, -0.15) is 0 Å². The van der Waals surface area contributed by atoms with Crippen LogP contribution in [0.5, 0.6) is 0 Å². The van der Waals surface area contributed by atoms with E-state index in [-0.39, 0.29) is 17.0 Å². The Bertz CT molecular complexity index is 679. The smallest absolute Gasteiger partial charge is 0.337 e. The Morgan fingerprint density at radius 3 is 2.57 bits per heavy atom. The van der Waals surface area contributed by atoms with Crippen LogP contribution in [-0.2, 0) is 14.8 Å². The number of hydrogen-bond donors (Lipinski definition) is 2. The average molecular weight is 340 g/mol. The molecule has 1 aliphatic carbocycles. The second kappa shape index (κ2) is 6.98. The van der Waals surface area contributed by atoms with Crippen LogP contribution in [-0.4, -0.2) is 33.6 Å². The van der Waals surface area contributed by atoms with Crippen LogP contribution in [0.1, 0.15) is 48.0 Å². The molecular formula is C16H24N2O4S. The molecule has 0 atom stereocenters. The van der Waals surface area contributed by atoms with Crippen LogP contribution < -0.4 is 10.5 Å². The number of carbonyl (C=O) groups is 1. The molecule has 0 aromatic heterocycles. The highest BCUT2D eigenvalue weighted by atomic mass is 32.2. The van der Waals surface area contributed by atoms with Gasteiger partial charge in [0.2, 0.25) is 10.0 Å². The normalized spacial score (nSPS) is 17.7. The third-order valence-corrected chi connectivity index (χ3v) is 5.91. The Morgan fingerprint density at radius 2 is 1.96 bits per heavy atom. The summed E-state index contributed by atoms with van der Waals surface area (Å²) in [5, 5.41) is 0. The summed E-state index contributed by atoms with van der Waals surface area (Å²) in [5.74, 6) is -0.566. The predicted octanol–water partition coefficient (Wildman–Crippen LogP) is 1.72. The maximum Gasteiger partial charge on any atom is 0.337 e. The van der Waals surface area contributed by atoms with E-state index >= 15 is 0 Å². The SMILES string of the molecule is COC(=O)c1ccc(C)c(S(=O)(=O)NCC2(N)CCCCC2)c1. The lowest BCUT2D eigenvalue weighted by Gasteiger charge is -2.33. The molecule has 0 heterocycles. The monoisotopic (exact) mass is 340 g/mol. The molecule has 1 aliphatic rings. The van der Waals surface area contributed by atoms with Crippen molar-refractivity contribution in [2.24, 2.45) is 5.73 Å². The molecule has 1 saturated carbocycles. The lowest BCUT2D eigenvalue weighted by molar-refractivity contribution is 0.0600. The van der Waals surface area contributed by atoms with E-state index in [1.165, 1.54) is 13.2 Å². The van der Waals surface area contributed by atoms with Crippen molar-refractivity contribution in [1.82, 2.24) is 4.72 Å². The minimum Gasteiger partial charge on any atom is -0.465 e. The summed E-state index contributed by atoms with van der Waals surface area (Å²) in [6.45, 7) is 1.89. The van der Waals surface area contributed by atoms with Gasteiger partial charge in [-0.1, -0.05) is 25.3 Å². The van der Waals surface area contributed by atoms with Gasteiger partial charge in [0.05, 0.1) is 17.6 Å². The molecule has 0 unspecified atom stereocenters. The number of benzene rings is 1. The molecule has 0 aliphatic heterocycles. The zero-order chi connectivity index (χ0) is 17.1. The van der Waals surface area contributed by atoms with Gasteiger partial charge in [-0.05, 0) is 37.5 Å². The Hall–Kier alpha value is -1.44. The number of aryl methyl sites for hydroxylation is 1. The Kier molecular flexibility index (Phi) is 5.44. The van der Waals surface area contributed by atoms with Gasteiger partial charge in [-0.25, -0.2) is 17.9 Å². The number of rotatable bonds is 5. The van der Waals surface area contributed by atoms with Crippen molar-refractivity contribution >= 4 is 16.0 Å². The zero-order valence-corrected chi connectivity index (χ0v) is 14.4. The summed E-state index contributed by atoms with van der Waals surface area (Å²) in [7, 11) is -2.47. The van der Waals surface area contributed by atoms with E-state index in [1.807, 2.05) is 0 Å². The summed E-state index contributed by atoms with van der Waals surface area (Å²) in [4.78, 5) is 11.7. The highest BCUT2D eigenvalue weighted by Crippen LogP contribution is 2.26. The topological polar surface area (TPSA) is 98.5 Å². The van der Waals surface area contributed by atoms with E-state index in [0.29, 0.717) is 5.56 Å². The maximum absolute atomic E-state index is 12.6. The number of methoxy groups -OCH3 is 1. The summed E-state index contributed by atoms with van der Waals surface area (Å²) in [5.41, 5.74) is 6.57. The van der Waals surface area contributed by atoms with E-state index < -0.39 is 21.5 Å². The number of nitrogens with one attached hydrogen (secondary N) is 1. The average Bonchev–Trinajstić information content (AvgIpc) is 2.53. The van der Waals surface area contributed by atoms with Gasteiger partial charge < -0.3 is 10.5 Å². The maximum atomic E-state index is 12.6. The summed E-state index contributed by atoms with van der Waals surface area (Å²) >= 11 is 0. The van der Waals surface area contributed by atoms with E-state index in [9.17, 15) is 13.2 Å². The number of esters is 1. The van der Waals surface area contributed by atoms with E-state index in [4.69, 9.17) is 5.73 Å². The Balaban J connectivity index is 2.20. The fourth-order valence-electron chi connectivity index (χ4n) is 2.88. The third kappa shape index (κ3) is 4.31. The molecule has 3 N–H and O–H groups in total. The fourth-order valence-corrected chi connectivity index (χ4v) is 4.29. The highest BCUT2D eigenvalue weighted by Gasteiger charge is 2.30. The quantitative estimate of drug-likeness (QED) is 0.795. The van der Waals surface area contributed by atoms with Gasteiger partial charge in [0, 0.05) is 12.1 Å². The predicted molar refractivity (Wildman–Crippen MR) is 87.7 cm³/mol. The molecule has 0 saturated heterocycles. The molecular weight excluding hydrogens is 316 g/mol. The first-order valence-electron chi connectivity index (χ1n) is 7.75. The lowest BCUT2D eigenvalue weighted by atomic mass is 9.83. The van der Waals surface area contributed by atoms with Crippen molar-refractivity contribution in [2.75, 3.05) is 13.7 Å². The summed E-state index contributed by atoms with van der Waals surface area (Å²) in [6, 6.07) is 4.49. The molecule has 1 aromatic rings. The molecule has 0 amide bonds. The lowest BCUT2D eigenvalue weighted by Crippen LogP contribution is -2.51. The fraction of sp³-hybridized carbons (Fsp3) is 0.562. The largest absolute Gasteiger partial charge is 0.465 e. The van der Waals surface area contributed by atoms with Gasteiger partial charge in [0.25, 0.3) is 0 Å². The number of ether oxygens (including phenoxy) is 1. The van der Waals surface area contributed by atoms with Gasteiger partial charge in [-0.15, -0.1) is 0 Å². The van der Waals surface area contributed by atoms with Crippen LogP contribution in [0.4, 0.5) is 0 Å². The van der Waals surface area contributed by atoms with Crippen LogP contribution in [0.3, 0.4) is 0 Å². The van der Waals surface area contributed by atoms with Crippen molar-refractivity contribution in [1.29, 1.82) is 0 Å². The van der Waals surface area contributed by atoms with Crippen LogP contribution in [0, 0.1) is 6.92 Å². The molecule has 2 rings (SSSR count). The first-order chi connectivity index (χ1) is 10.8. The Morgan fingerprint density at radius 1 is 1.30 bits per heavy atom. The number of sulfonamides is 1. The third-order valence-electron chi connectivity index (χ3n) is 4.36. The molecule has 23 heavy (non-hydrogen) atoms. The molecule has 0 radical (unpaired) electrons. The van der Waals surface area contributed by atoms with Crippen LogP contribution in [0.15, 0.2) is 23.1 Å². The standard InChI is InChI=1S/C16H24N2O4S/c1-12-6-7-13(15(19)22-2)10-14(12)23(20,21)18-11-16(17)8-4-3-5-9-16/h6-7,10,18H,3-5,8-9,11,17H2,1-2H3. The van der Waals surface area contributed by atoms with Gasteiger partial charge >= 0.3 is 5.97 Å². The highest BCUT2D eigenvalue weighted by molar-refractivity contribution is 7.89. The first kappa shape index (κ1) is 17.9. The van der Waals surface area contributed by atoms with Crippen molar-refractivity contribution in [3.8, 4) is 0 Å². The van der Waals surface area contributed by atoms with E-state index in [0.717, 1.165) is 32.1 Å². The molecule has 7 heteroatoms. The first-order valence-corrected chi connectivity index (χ1v) is 9.23. The summed E-state index contributed by atoms with van der Waals surface area (Å²) < 4.78 is 32.4. The van der Waals surface area contributed by atoms with Gasteiger partial charge in [-0.3, -0.25) is 0 Å². The van der Waals surface area contributed by atoms with Crippen molar-refractivity contribution in [3.63, 3.8) is 0 Å². The molecule has 0 spiro atoms. The van der Waals surface area contributed by atoms with Crippen molar-refractivity contribution in [3.05, 3.63) is 29.3 Å². The number of hydrogen-bond acceptors (Lipinski definition) is 5. The molecule has 0 bridgehead atoms. The van der Waals surface area contributed by atoms with Crippen LogP contribution in [0.25, 0.3) is 0 Å². The number of nitrogens with two attached hydrogens (primary N) is 1. The van der Waals surface area contributed by atoms with Crippen molar-refractivity contribution in [2.45, 2.75) is 49.5 Å². The molecule has 1 aromatic carbocycles. The molecule has 128 valence electrons. The van der Waals surface area contributed by atoms with Gasteiger partial charge in [0.15, 0.2) is 0 Å². The Labute approximate surface area is 137 Å².